The number of halogens is 1. The molecule has 0 saturated heterocycles. The van der Waals surface area contributed by atoms with Gasteiger partial charge in [0, 0.05) is 20.0 Å². The number of carbonyl (C=O) groups excluding carboxylic acids is 2. The summed E-state index contributed by atoms with van der Waals surface area (Å²) < 4.78 is 3.18. The first-order chi connectivity index (χ1) is 14.4. The number of para-hydroxylation sites is 1. The second-order valence-electron chi connectivity index (χ2n) is 7.24. The smallest absolute Gasteiger partial charge is 0.326 e. The van der Waals surface area contributed by atoms with E-state index in [4.69, 9.17) is 0 Å². The van der Waals surface area contributed by atoms with Crippen LogP contribution in [0.5, 0.6) is 0 Å². The van der Waals surface area contributed by atoms with Gasteiger partial charge in [0.05, 0.1) is 22.2 Å². The van der Waals surface area contributed by atoms with Gasteiger partial charge >= 0.3 is 5.97 Å². The van der Waals surface area contributed by atoms with Crippen LogP contribution in [-0.4, -0.2) is 38.4 Å². The van der Waals surface area contributed by atoms with Crippen molar-refractivity contribution in [3.05, 3.63) is 75.4 Å². The molecular formula is C23H15IN2O4. The Morgan fingerprint density at radius 3 is 2.37 bits per heavy atom. The monoisotopic (exact) mass is 510 g/mol. The lowest BCUT2D eigenvalue weighted by Crippen LogP contribution is -2.42. The van der Waals surface area contributed by atoms with E-state index in [1.807, 2.05) is 30.3 Å². The summed E-state index contributed by atoms with van der Waals surface area (Å²) in [4.78, 5) is 37.7. The maximum absolute atomic E-state index is 12.9. The summed E-state index contributed by atoms with van der Waals surface area (Å²) in [6.07, 6.45) is 0. The van der Waals surface area contributed by atoms with E-state index in [0.717, 1.165) is 36.0 Å². The summed E-state index contributed by atoms with van der Waals surface area (Å²) in [5.74, 6) is -2.38. The molecule has 4 aromatic rings. The van der Waals surface area contributed by atoms with Crippen molar-refractivity contribution in [1.82, 2.24) is 9.47 Å². The van der Waals surface area contributed by atoms with Crippen LogP contribution in [0.25, 0.3) is 27.5 Å². The number of rotatable bonds is 3. The molecule has 7 heteroatoms. The van der Waals surface area contributed by atoms with Crippen LogP contribution in [-0.2, 0) is 4.79 Å². The molecule has 1 aliphatic rings. The zero-order chi connectivity index (χ0) is 21.2. The number of aliphatic carboxylic acids is 1. The molecule has 2 amide bonds. The van der Waals surface area contributed by atoms with Gasteiger partial charge in [0.1, 0.15) is 6.04 Å². The number of hydrogen-bond acceptors (Lipinski definition) is 3. The van der Waals surface area contributed by atoms with Crippen molar-refractivity contribution in [3.8, 4) is 5.69 Å². The Labute approximate surface area is 184 Å². The van der Waals surface area contributed by atoms with Crippen LogP contribution in [0, 0.1) is 3.57 Å². The standard InChI is InChI=1S/C23H15IN2O4/c1-12(23(29)30)25-21(27)16-8-7-14(11-18(16)22(25)28)26-19-5-3-2-4-15(19)17-10-13(24)6-9-20(17)26/h2-12H,1H3,(H,29,30). The Morgan fingerprint density at radius 1 is 0.900 bits per heavy atom. The fourth-order valence-electron chi connectivity index (χ4n) is 4.07. The number of hydrogen-bond donors (Lipinski definition) is 1. The normalized spacial score (nSPS) is 14.5. The minimum Gasteiger partial charge on any atom is -0.480 e. The highest BCUT2D eigenvalue weighted by molar-refractivity contribution is 14.1. The van der Waals surface area contributed by atoms with Crippen LogP contribution in [0.4, 0.5) is 0 Å². The molecule has 1 aliphatic heterocycles. The molecule has 0 fully saturated rings. The van der Waals surface area contributed by atoms with Gasteiger partial charge in [0.15, 0.2) is 0 Å². The molecule has 3 aromatic carbocycles. The predicted octanol–water partition coefficient (Wildman–Crippen LogP) is 4.46. The van der Waals surface area contributed by atoms with Crippen LogP contribution < -0.4 is 0 Å². The van der Waals surface area contributed by atoms with Crippen LogP contribution >= 0.6 is 22.6 Å². The number of carboxylic acids is 1. The Kier molecular flexibility index (Phi) is 4.18. The topological polar surface area (TPSA) is 79.6 Å². The molecule has 0 aliphatic carbocycles. The van der Waals surface area contributed by atoms with Crippen molar-refractivity contribution in [1.29, 1.82) is 0 Å². The Morgan fingerprint density at radius 2 is 1.60 bits per heavy atom. The zero-order valence-corrected chi connectivity index (χ0v) is 18.0. The number of aromatic nitrogens is 1. The van der Waals surface area contributed by atoms with Crippen molar-refractivity contribution in [2.45, 2.75) is 13.0 Å². The third-order valence-corrected chi connectivity index (χ3v) is 6.21. The summed E-state index contributed by atoms with van der Waals surface area (Å²) >= 11 is 2.28. The molecular weight excluding hydrogens is 495 g/mol. The molecule has 5 rings (SSSR count). The predicted molar refractivity (Wildman–Crippen MR) is 121 cm³/mol. The molecule has 1 atom stereocenters. The quantitative estimate of drug-likeness (QED) is 0.326. The molecule has 0 saturated carbocycles. The molecule has 1 unspecified atom stereocenters. The number of amides is 2. The van der Waals surface area contributed by atoms with Gasteiger partial charge in [0.2, 0.25) is 0 Å². The van der Waals surface area contributed by atoms with Crippen LogP contribution in [0.15, 0.2) is 60.7 Å². The molecule has 0 spiro atoms. The van der Waals surface area contributed by atoms with E-state index >= 15 is 0 Å². The second-order valence-corrected chi connectivity index (χ2v) is 8.48. The molecule has 148 valence electrons. The highest BCUT2D eigenvalue weighted by Crippen LogP contribution is 2.34. The highest BCUT2D eigenvalue weighted by Gasteiger charge is 2.41. The second kappa shape index (κ2) is 6.66. The number of imide groups is 1. The molecule has 1 N–H and O–H groups in total. The van der Waals surface area contributed by atoms with E-state index in [1.165, 1.54) is 6.92 Å². The first kappa shape index (κ1) is 18.8. The fraction of sp³-hybridized carbons (Fsp3) is 0.0870. The van der Waals surface area contributed by atoms with Crippen LogP contribution in [0.3, 0.4) is 0 Å². The maximum Gasteiger partial charge on any atom is 0.326 e. The molecule has 1 aromatic heterocycles. The van der Waals surface area contributed by atoms with Gasteiger partial charge in [-0.05, 0) is 72.0 Å². The average molecular weight is 510 g/mol. The van der Waals surface area contributed by atoms with Crippen LogP contribution in [0.1, 0.15) is 27.6 Å². The lowest BCUT2D eigenvalue weighted by Gasteiger charge is -2.18. The van der Waals surface area contributed by atoms with E-state index in [9.17, 15) is 19.5 Å². The third kappa shape index (κ3) is 2.58. The molecule has 6 nitrogen and oxygen atoms in total. The van der Waals surface area contributed by atoms with E-state index in [-0.39, 0.29) is 11.1 Å². The Balaban J connectivity index is 1.74. The van der Waals surface area contributed by atoms with Gasteiger partial charge in [-0.2, -0.15) is 0 Å². The third-order valence-electron chi connectivity index (χ3n) is 5.54. The summed E-state index contributed by atoms with van der Waals surface area (Å²) in [5, 5.41) is 11.5. The van der Waals surface area contributed by atoms with E-state index in [0.29, 0.717) is 0 Å². The van der Waals surface area contributed by atoms with Crippen molar-refractivity contribution < 1.29 is 19.5 Å². The average Bonchev–Trinajstić information content (AvgIpc) is 3.19. The number of fused-ring (bicyclic) bond motifs is 4. The van der Waals surface area contributed by atoms with Crippen molar-refractivity contribution >= 4 is 62.2 Å². The molecule has 30 heavy (non-hydrogen) atoms. The summed E-state index contributed by atoms with van der Waals surface area (Å²) in [6.45, 7) is 1.33. The van der Waals surface area contributed by atoms with Gasteiger partial charge in [0.25, 0.3) is 11.8 Å². The minimum absolute atomic E-state index is 0.224. The van der Waals surface area contributed by atoms with Gasteiger partial charge in [-0.3, -0.25) is 14.5 Å². The Bertz CT molecular complexity index is 1410. The molecule has 0 radical (unpaired) electrons. The highest BCUT2D eigenvalue weighted by atomic mass is 127. The van der Waals surface area contributed by atoms with E-state index in [2.05, 4.69) is 39.3 Å². The lowest BCUT2D eigenvalue weighted by atomic mass is 10.1. The lowest BCUT2D eigenvalue weighted by molar-refractivity contribution is -0.140. The van der Waals surface area contributed by atoms with Crippen molar-refractivity contribution in [2.75, 3.05) is 0 Å². The van der Waals surface area contributed by atoms with E-state index in [1.54, 1.807) is 18.2 Å². The van der Waals surface area contributed by atoms with Crippen molar-refractivity contribution in [3.63, 3.8) is 0 Å². The summed E-state index contributed by atoms with van der Waals surface area (Å²) in [5.41, 5.74) is 3.17. The molecule has 2 heterocycles. The Hall–Kier alpha value is -3.20. The first-order valence-electron chi connectivity index (χ1n) is 9.32. The fourth-order valence-corrected chi connectivity index (χ4v) is 4.56. The zero-order valence-electron chi connectivity index (χ0n) is 15.8. The summed E-state index contributed by atoms with van der Waals surface area (Å²) in [6, 6.07) is 18.0. The number of benzene rings is 3. The minimum atomic E-state index is -1.23. The molecule has 0 bridgehead atoms. The van der Waals surface area contributed by atoms with Gasteiger partial charge < -0.3 is 9.67 Å². The van der Waals surface area contributed by atoms with Gasteiger partial charge in [-0.15, -0.1) is 0 Å². The van der Waals surface area contributed by atoms with Crippen LogP contribution in [0.2, 0.25) is 0 Å². The van der Waals surface area contributed by atoms with Crippen molar-refractivity contribution in [2.24, 2.45) is 0 Å². The van der Waals surface area contributed by atoms with Gasteiger partial charge in [-0.25, -0.2) is 4.79 Å². The number of nitrogens with zero attached hydrogens (tertiary/aromatic N) is 2. The maximum atomic E-state index is 12.9. The largest absolute Gasteiger partial charge is 0.480 e. The first-order valence-corrected chi connectivity index (χ1v) is 10.4. The van der Waals surface area contributed by atoms with E-state index < -0.39 is 23.8 Å². The van der Waals surface area contributed by atoms with Gasteiger partial charge in [-0.1, -0.05) is 18.2 Å². The summed E-state index contributed by atoms with van der Waals surface area (Å²) in [7, 11) is 0. The SMILES string of the molecule is CC(C(=O)O)N1C(=O)c2ccc(-n3c4ccccc4c4cc(I)ccc43)cc2C1=O. The number of carboxylic acid groups (broad SMARTS) is 1. The number of carbonyl (C=O) groups is 3.